The lowest BCUT2D eigenvalue weighted by Gasteiger charge is -2.13. The summed E-state index contributed by atoms with van der Waals surface area (Å²) in [6, 6.07) is 0. The van der Waals surface area contributed by atoms with Crippen LogP contribution < -0.4 is 0 Å². The van der Waals surface area contributed by atoms with Crippen LogP contribution in [0.25, 0.3) is 0 Å². The Morgan fingerprint density at radius 1 is 1.30 bits per heavy atom. The van der Waals surface area contributed by atoms with E-state index in [0.717, 1.165) is 0 Å². The van der Waals surface area contributed by atoms with Gasteiger partial charge in [-0.2, -0.15) is 0 Å². The molecule has 0 atom stereocenters. The van der Waals surface area contributed by atoms with E-state index in [4.69, 9.17) is 5.11 Å². The van der Waals surface area contributed by atoms with Crippen LogP contribution in [-0.2, 0) is 4.79 Å². The summed E-state index contributed by atoms with van der Waals surface area (Å²) in [5, 5.41) is 8.87. The average molecular weight is 144 g/mol. The molecule has 0 aromatic heterocycles. The minimum Gasteiger partial charge on any atom is -0.393 e. The minimum atomic E-state index is -0.201. The highest BCUT2D eigenvalue weighted by Gasteiger charge is 2.14. The number of hydrogen-bond acceptors (Lipinski definition) is 2. The number of carbonyl (C=O) groups is 1. The second-order valence-electron chi connectivity index (χ2n) is 2.27. The summed E-state index contributed by atoms with van der Waals surface area (Å²) < 4.78 is 0. The van der Waals surface area contributed by atoms with Crippen molar-refractivity contribution in [1.82, 2.24) is 0 Å². The largest absolute Gasteiger partial charge is 0.393 e. The Bertz CT molecular complexity index is 89.4. The molecule has 1 fully saturated rings. The fraction of sp³-hybridized carbons (Fsp3) is 0.875. The zero-order valence-corrected chi connectivity index (χ0v) is 6.76. The topological polar surface area (TPSA) is 37.3 Å². The quantitative estimate of drug-likeness (QED) is 0.559. The van der Waals surface area contributed by atoms with E-state index in [2.05, 4.69) is 0 Å². The Labute approximate surface area is 62.2 Å². The Kier molecular flexibility index (Phi) is 5.22. The van der Waals surface area contributed by atoms with Gasteiger partial charge in [0.05, 0.1) is 6.10 Å². The Balaban J connectivity index is 0.000000371. The van der Waals surface area contributed by atoms with Crippen molar-refractivity contribution in [2.24, 2.45) is 0 Å². The molecule has 0 unspecified atom stereocenters. The van der Waals surface area contributed by atoms with Gasteiger partial charge in [-0.05, 0) is 12.8 Å². The number of ketones is 1. The minimum absolute atomic E-state index is 0.201. The van der Waals surface area contributed by atoms with Crippen LogP contribution in [0, 0.1) is 0 Å². The van der Waals surface area contributed by atoms with E-state index in [9.17, 15) is 4.79 Å². The molecule has 0 aromatic carbocycles. The van der Waals surface area contributed by atoms with Gasteiger partial charge >= 0.3 is 0 Å². The maximum atomic E-state index is 10.5. The third-order valence-electron chi connectivity index (χ3n) is 1.51. The van der Waals surface area contributed by atoms with Crippen LogP contribution in [0.2, 0.25) is 0 Å². The van der Waals surface area contributed by atoms with Crippen LogP contribution in [0.1, 0.15) is 39.5 Å². The molecular formula is C8H16O2. The fourth-order valence-corrected chi connectivity index (χ4v) is 0.925. The summed E-state index contributed by atoms with van der Waals surface area (Å²) in [7, 11) is 0. The molecule has 2 nitrogen and oxygen atoms in total. The molecule has 0 radical (unpaired) electrons. The number of Topliss-reactive ketones (excluding diaryl/α,β-unsaturated/α-hetero) is 1. The summed E-state index contributed by atoms with van der Waals surface area (Å²) in [6.45, 7) is 4.00. The molecule has 0 heterocycles. The van der Waals surface area contributed by atoms with E-state index in [0.29, 0.717) is 31.5 Å². The monoisotopic (exact) mass is 144 g/mol. The normalized spacial score (nSPS) is 19.7. The standard InChI is InChI=1S/C6H10O2.C2H6/c7-5-1-2-6(8)4-3-5;1-2/h5,7H,1-4H2;1-2H3. The van der Waals surface area contributed by atoms with E-state index >= 15 is 0 Å². The predicted octanol–water partition coefficient (Wildman–Crippen LogP) is 1.52. The van der Waals surface area contributed by atoms with Gasteiger partial charge < -0.3 is 5.11 Å². The number of carbonyl (C=O) groups excluding carboxylic acids is 1. The first-order valence-electron chi connectivity index (χ1n) is 3.99. The van der Waals surface area contributed by atoms with Gasteiger partial charge in [0, 0.05) is 12.8 Å². The van der Waals surface area contributed by atoms with E-state index in [1.165, 1.54) is 0 Å². The third kappa shape index (κ3) is 3.62. The molecule has 0 amide bonds. The van der Waals surface area contributed by atoms with Crippen LogP contribution in [0.5, 0.6) is 0 Å². The summed E-state index contributed by atoms with van der Waals surface area (Å²) >= 11 is 0. The van der Waals surface area contributed by atoms with Gasteiger partial charge in [0.25, 0.3) is 0 Å². The van der Waals surface area contributed by atoms with Crippen molar-refractivity contribution in [3.05, 3.63) is 0 Å². The maximum absolute atomic E-state index is 10.5. The highest BCUT2D eigenvalue weighted by molar-refractivity contribution is 5.79. The lowest BCUT2D eigenvalue weighted by molar-refractivity contribution is -0.122. The second kappa shape index (κ2) is 5.42. The zero-order chi connectivity index (χ0) is 7.98. The van der Waals surface area contributed by atoms with Crippen LogP contribution in [0.15, 0.2) is 0 Å². The molecule has 0 aromatic rings. The van der Waals surface area contributed by atoms with Crippen molar-refractivity contribution < 1.29 is 9.90 Å². The molecule has 10 heavy (non-hydrogen) atoms. The summed E-state index contributed by atoms with van der Waals surface area (Å²) in [6.07, 6.45) is 2.33. The molecule has 2 heteroatoms. The lowest BCUT2D eigenvalue weighted by Crippen LogP contribution is -2.17. The highest BCUT2D eigenvalue weighted by atomic mass is 16.3. The zero-order valence-electron chi connectivity index (χ0n) is 6.76. The van der Waals surface area contributed by atoms with Crippen LogP contribution in [-0.4, -0.2) is 17.0 Å². The van der Waals surface area contributed by atoms with Crippen molar-refractivity contribution in [1.29, 1.82) is 0 Å². The Morgan fingerprint density at radius 2 is 1.70 bits per heavy atom. The van der Waals surface area contributed by atoms with Gasteiger partial charge in [0.15, 0.2) is 0 Å². The third-order valence-corrected chi connectivity index (χ3v) is 1.51. The SMILES string of the molecule is CC.O=C1CCC(O)CC1. The van der Waals surface area contributed by atoms with Gasteiger partial charge in [0.1, 0.15) is 5.78 Å². The molecule has 0 spiro atoms. The summed E-state index contributed by atoms with van der Waals surface area (Å²) in [5.41, 5.74) is 0. The van der Waals surface area contributed by atoms with Crippen LogP contribution in [0.4, 0.5) is 0 Å². The van der Waals surface area contributed by atoms with Crippen LogP contribution >= 0.6 is 0 Å². The number of hydrogen-bond donors (Lipinski definition) is 1. The van der Waals surface area contributed by atoms with Crippen molar-refractivity contribution >= 4 is 5.78 Å². The predicted molar refractivity (Wildman–Crippen MR) is 40.8 cm³/mol. The van der Waals surface area contributed by atoms with Crippen molar-refractivity contribution in [2.75, 3.05) is 0 Å². The molecule has 1 N–H and O–H groups in total. The molecule has 0 aliphatic heterocycles. The number of aliphatic hydroxyl groups excluding tert-OH is 1. The molecule has 0 bridgehead atoms. The molecule has 1 rings (SSSR count). The van der Waals surface area contributed by atoms with Gasteiger partial charge in [0.2, 0.25) is 0 Å². The second-order valence-corrected chi connectivity index (χ2v) is 2.27. The molecule has 1 saturated carbocycles. The Morgan fingerprint density at radius 3 is 2.00 bits per heavy atom. The first-order chi connectivity index (χ1) is 4.79. The first kappa shape index (κ1) is 9.63. The molecule has 60 valence electrons. The van der Waals surface area contributed by atoms with Crippen molar-refractivity contribution in [2.45, 2.75) is 45.6 Å². The van der Waals surface area contributed by atoms with Crippen molar-refractivity contribution in [3.8, 4) is 0 Å². The van der Waals surface area contributed by atoms with E-state index in [-0.39, 0.29) is 6.10 Å². The number of aliphatic hydroxyl groups is 1. The molecular weight excluding hydrogens is 128 g/mol. The molecule has 0 saturated heterocycles. The summed E-state index contributed by atoms with van der Waals surface area (Å²) in [4.78, 5) is 10.5. The smallest absolute Gasteiger partial charge is 0.133 e. The number of rotatable bonds is 0. The lowest BCUT2D eigenvalue weighted by atomic mass is 9.97. The van der Waals surface area contributed by atoms with Crippen molar-refractivity contribution in [3.63, 3.8) is 0 Å². The summed E-state index contributed by atoms with van der Waals surface area (Å²) in [5.74, 6) is 0.301. The Hall–Kier alpha value is -0.370. The van der Waals surface area contributed by atoms with Gasteiger partial charge in [-0.1, -0.05) is 13.8 Å². The first-order valence-corrected chi connectivity index (χ1v) is 3.99. The van der Waals surface area contributed by atoms with Gasteiger partial charge in [-0.15, -0.1) is 0 Å². The average Bonchev–Trinajstić information content (AvgIpc) is 2.00. The van der Waals surface area contributed by atoms with E-state index in [1.54, 1.807) is 0 Å². The maximum Gasteiger partial charge on any atom is 0.133 e. The van der Waals surface area contributed by atoms with Gasteiger partial charge in [-0.25, -0.2) is 0 Å². The highest BCUT2D eigenvalue weighted by Crippen LogP contribution is 2.13. The molecule has 1 aliphatic rings. The van der Waals surface area contributed by atoms with E-state index < -0.39 is 0 Å². The van der Waals surface area contributed by atoms with Crippen LogP contribution in [0.3, 0.4) is 0 Å². The molecule has 1 aliphatic carbocycles. The van der Waals surface area contributed by atoms with E-state index in [1.807, 2.05) is 13.8 Å². The fourth-order valence-electron chi connectivity index (χ4n) is 0.925. The van der Waals surface area contributed by atoms with Gasteiger partial charge in [-0.3, -0.25) is 4.79 Å².